The van der Waals surface area contributed by atoms with Crippen LogP contribution in [-0.2, 0) is 0 Å². The molecule has 1 nitrogen and oxygen atoms in total. The van der Waals surface area contributed by atoms with Crippen molar-refractivity contribution in [3.8, 4) is 0 Å². The first-order valence-electron chi connectivity index (χ1n) is 3.97. The summed E-state index contributed by atoms with van der Waals surface area (Å²) in [5, 5.41) is 0. The number of benzene rings is 1. The smallest absolute Gasteiger partial charge is 0.0361 e. The summed E-state index contributed by atoms with van der Waals surface area (Å²) in [7, 11) is 4.07. The summed E-state index contributed by atoms with van der Waals surface area (Å²) in [4.78, 5) is 2.08. The average molecular weight is 160 g/mol. The summed E-state index contributed by atoms with van der Waals surface area (Å²) >= 11 is 0. The van der Waals surface area contributed by atoms with Crippen molar-refractivity contribution in [3.63, 3.8) is 0 Å². The van der Waals surface area contributed by atoms with Crippen LogP contribution >= 0.6 is 0 Å². The van der Waals surface area contributed by atoms with Crippen molar-refractivity contribution < 1.29 is 0 Å². The van der Waals surface area contributed by atoms with E-state index in [4.69, 9.17) is 0 Å². The molecule has 1 heteroatoms. The van der Waals surface area contributed by atoms with Gasteiger partial charge in [0.2, 0.25) is 0 Å². The average Bonchev–Trinajstić information content (AvgIpc) is 2.06. The molecule has 0 unspecified atom stereocenters. The molecule has 1 radical (unpaired) electrons. The molecule has 1 rings (SSSR count). The number of hydrogen-bond acceptors (Lipinski definition) is 1. The SMILES string of the molecule is [CH2]/C=C/c1ccc(N(C)C)cc1. The summed E-state index contributed by atoms with van der Waals surface area (Å²) in [6.07, 6.45) is 3.78. The van der Waals surface area contributed by atoms with Crippen molar-refractivity contribution in [3.05, 3.63) is 42.8 Å². The van der Waals surface area contributed by atoms with Gasteiger partial charge >= 0.3 is 0 Å². The van der Waals surface area contributed by atoms with E-state index in [1.54, 1.807) is 6.08 Å². The Bertz CT molecular complexity index is 257. The fraction of sp³-hybridized carbons (Fsp3) is 0.182. The Balaban J connectivity index is 2.85. The predicted octanol–water partition coefficient (Wildman–Crippen LogP) is 2.60. The molecule has 1 aromatic rings. The second-order valence-electron chi connectivity index (χ2n) is 2.89. The number of nitrogens with zero attached hydrogens (tertiary/aromatic N) is 1. The van der Waals surface area contributed by atoms with E-state index >= 15 is 0 Å². The van der Waals surface area contributed by atoms with Gasteiger partial charge in [0.15, 0.2) is 0 Å². The van der Waals surface area contributed by atoms with Crippen LogP contribution in [0.3, 0.4) is 0 Å². The minimum absolute atomic E-state index is 1.19. The van der Waals surface area contributed by atoms with Gasteiger partial charge in [-0.05, 0) is 24.6 Å². The molecule has 0 aliphatic heterocycles. The molecule has 12 heavy (non-hydrogen) atoms. The van der Waals surface area contributed by atoms with Crippen molar-refractivity contribution >= 4 is 11.8 Å². The molecule has 0 saturated heterocycles. The quantitative estimate of drug-likeness (QED) is 0.642. The zero-order chi connectivity index (χ0) is 8.97. The highest BCUT2D eigenvalue weighted by Crippen LogP contribution is 2.12. The Morgan fingerprint density at radius 2 is 1.75 bits per heavy atom. The molecule has 0 fully saturated rings. The minimum Gasteiger partial charge on any atom is -0.378 e. The zero-order valence-corrected chi connectivity index (χ0v) is 7.62. The van der Waals surface area contributed by atoms with Crippen LogP contribution in [0.4, 0.5) is 5.69 Å². The van der Waals surface area contributed by atoms with E-state index in [2.05, 4.69) is 36.1 Å². The third-order valence-corrected chi connectivity index (χ3v) is 1.72. The molecule has 0 bridgehead atoms. The Hall–Kier alpha value is -1.24. The van der Waals surface area contributed by atoms with E-state index in [1.165, 1.54) is 11.3 Å². The maximum absolute atomic E-state index is 3.65. The van der Waals surface area contributed by atoms with Gasteiger partial charge in [-0.25, -0.2) is 0 Å². The molecular formula is C11H14N. The van der Waals surface area contributed by atoms with Gasteiger partial charge in [-0.1, -0.05) is 24.3 Å². The van der Waals surface area contributed by atoms with E-state index in [0.29, 0.717) is 0 Å². The molecule has 0 heterocycles. The minimum atomic E-state index is 1.19. The van der Waals surface area contributed by atoms with E-state index in [0.717, 1.165) is 0 Å². The second kappa shape index (κ2) is 3.96. The summed E-state index contributed by atoms with van der Waals surface area (Å²) in [6, 6.07) is 8.35. The fourth-order valence-electron chi connectivity index (χ4n) is 1.02. The Morgan fingerprint density at radius 1 is 1.17 bits per heavy atom. The summed E-state index contributed by atoms with van der Waals surface area (Å²) in [5.74, 6) is 0. The molecule has 0 spiro atoms. The van der Waals surface area contributed by atoms with Gasteiger partial charge in [0.25, 0.3) is 0 Å². The highest BCUT2D eigenvalue weighted by Gasteiger charge is 1.92. The lowest BCUT2D eigenvalue weighted by molar-refractivity contribution is 1.13. The highest BCUT2D eigenvalue weighted by molar-refractivity contribution is 5.55. The number of rotatable bonds is 2. The van der Waals surface area contributed by atoms with Crippen molar-refractivity contribution in [2.75, 3.05) is 19.0 Å². The van der Waals surface area contributed by atoms with Crippen molar-refractivity contribution in [1.82, 2.24) is 0 Å². The van der Waals surface area contributed by atoms with Crippen LogP contribution in [0.15, 0.2) is 30.3 Å². The largest absolute Gasteiger partial charge is 0.378 e. The molecule has 0 atom stereocenters. The monoisotopic (exact) mass is 160 g/mol. The van der Waals surface area contributed by atoms with Gasteiger partial charge in [0.1, 0.15) is 0 Å². The zero-order valence-electron chi connectivity index (χ0n) is 7.62. The van der Waals surface area contributed by atoms with Gasteiger partial charge in [-0.2, -0.15) is 0 Å². The first kappa shape index (κ1) is 8.85. The molecular weight excluding hydrogens is 146 g/mol. The normalized spacial score (nSPS) is 10.6. The van der Waals surface area contributed by atoms with Crippen LogP contribution < -0.4 is 4.90 Å². The van der Waals surface area contributed by atoms with Crippen molar-refractivity contribution in [1.29, 1.82) is 0 Å². The lowest BCUT2D eigenvalue weighted by Crippen LogP contribution is -2.07. The van der Waals surface area contributed by atoms with Gasteiger partial charge in [0, 0.05) is 19.8 Å². The predicted molar refractivity (Wildman–Crippen MR) is 55.2 cm³/mol. The van der Waals surface area contributed by atoms with Crippen LogP contribution in [0.2, 0.25) is 0 Å². The molecule has 0 N–H and O–H groups in total. The Kier molecular flexibility index (Phi) is 2.92. The van der Waals surface area contributed by atoms with Gasteiger partial charge in [0.05, 0.1) is 0 Å². The maximum Gasteiger partial charge on any atom is 0.0361 e. The second-order valence-corrected chi connectivity index (χ2v) is 2.89. The summed E-state index contributed by atoms with van der Waals surface area (Å²) in [6.45, 7) is 3.65. The van der Waals surface area contributed by atoms with Crippen LogP contribution in [0.1, 0.15) is 5.56 Å². The van der Waals surface area contributed by atoms with E-state index in [-0.39, 0.29) is 0 Å². The first-order chi connectivity index (χ1) is 5.74. The lowest BCUT2D eigenvalue weighted by Gasteiger charge is -2.11. The molecule has 0 saturated carbocycles. The van der Waals surface area contributed by atoms with E-state index in [1.807, 2.05) is 20.2 Å². The third-order valence-electron chi connectivity index (χ3n) is 1.72. The van der Waals surface area contributed by atoms with Crippen LogP contribution in [0.5, 0.6) is 0 Å². The van der Waals surface area contributed by atoms with Crippen molar-refractivity contribution in [2.45, 2.75) is 0 Å². The molecule has 0 aliphatic carbocycles. The Morgan fingerprint density at radius 3 is 2.17 bits per heavy atom. The molecule has 0 aromatic heterocycles. The fourth-order valence-corrected chi connectivity index (χ4v) is 1.02. The topological polar surface area (TPSA) is 3.24 Å². The van der Waals surface area contributed by atoms with Crippen LogP contribution in [0, 0.1) is 6.92 Å². The van der Waals surface area contributed by atoms with Gasteiger partial charge < -0.3 is 4.90 Å². The molecule has 1 aromatic carbocycles. The summed E-state index contributed by atoms with van der Waals surface area (Å²) < 4.78 is 0. The number of anilines is 1. The van der Waals surface area contributed by atoms with Crippen LogP contribution in [-0.4, -0.2) is 14.1 Å². The van der Waals surface area contributed by atoms with E-state index < -0.39 is 0 Å². The van der Waals surface area contributed by atoms with Gasteiger partial charge in [-0.3, -0.25) is 0 Å². The standard InChI is InChI=1S/C11H14N/c1-4-5-10-6-8-11(9-7-10)12(2)3/h4-9H,1H2,2-3H3/b5-4+. The number of hydrogen-bond donors (Lipinski definition) is 0. The first-order valence-corrected chi connectivity index (χ1v) is 3.97. The molecule has 0 amide bonds. The highest BCUT2D eigenvalue weighted by atomic mass is 15.1. The van der Waals surface area contributed by atoms with Crippen LogP contribution in [0.25, 0.3) is 6.08 Å². The maximum atomic E-state index is 3.65. The van der Waals surface area contributed by atoms with E-state index in [9.17, 15) is 0 Å². The summed E-state index contributed by atoms with van der Waals surface area (Å²) in [5.41, 5.74) is 2.41. The van der Waals surface area contributed by atoms with Crippen molar-refractivity contribution in [2.24, 2.45) is 0 Å². The third kappa shape index (κ3) is 2.12. The number of allylic oxidation sites excluding steroid dienone is 1. The molecule has 0 aliphatic rings. The lowest BCUT2D eigenvalue weighted by atomic mass is 10.2. The van der Waals surface area contributed by atoms with Gasteiger partial charge in [-0.15, -0.1) is 0 Å². The Labute approximate surface area is 74.3 Å². The molecule has 63 valence electrons.